The molecule has 0 radical (unpaired) electrons. The molecule has 0 aliphatic carbocycles. The third-order valence-corrected chi connectivity index (χ3v) is 5.74. The molecule has 0 N–H and O–H groups in total. The van der Waals surface area contributed by atoms with E-state index in [4.69, 9.17) is 9.47 Å². The zero-order chi connectivity index (χ0) is 17.8. The van der Waals surface area contributed by atoms with Crippen LogP contribution in [0.15, 0.2) is 47.4 Å². The van der Waals surface area contributed by atoms with Crippen molar-refractivity contribution in [2.75, 3.05) is 56.6 Å². The summed E-state index contributed by atoms with van der Waals surface area (Å²) in [7, 11) is 0. The Morgan fingerprint density at radius 1 is 0.923 bits per heavy atom. The summed E-state index contributed by atoms with van der Waals surface area (Å²) in [4.78, 5) is 6.00. The Hall–Kier alpha value is -1.92. The van der Waals surface area contributed by atoms with Crippen molar-refractivity contribution in [2.45, 2.75) is 4.90 Å². The molecule has 1 fully saturated rings. The normalized spacial score (nSPS) is 17.3. The van der Waals surface area contributed by atoms with Gasteiger partial charge in [-0.05, 0) is 36.4 Å². The van der Waals surface area contributed by atoms with E-state index in [9.17, 15) is 4.39 Å². The zero-order valence-electron chi connectivity index (χ0n) is 14.7. The predicted molar refractivity (Wildman–Crippen MR) is 103 cm³/mol. The lowest BCUT2D eigenvalue weighted by molar-refractivity contribution is 0.171. The number of anilines is 1. The number of rotatable bonds is 5. The highest BCUT2D eigenvalue weighted by molar-refractivity contribution is 7.99. The summed E-state index contributed by atoms with van der Waals surface area (Å²) in [6.45, 7) is 6.33. The van der Waals surface area contributed by atoms with Gasteiger partial charge in [-0.2, -0.15) is 0 Å². The Balaban J connectivity index is 1.27. The largest absolute Gasteiger partial charge is 0.486 e. The molecule has 4 rings (SSSR count). The monoisotopic (exact) mass is 374 g/mol. The number of piperazine rings is 1. The van der Waals surface area contributed by atoms with Crippen molar-refractivity contribution in [3.63, 3.8) is 0 Å². The van der Waals surface area contributed by atoms with Crippen molar-refractivity contribution in [3.8, 4) is 11.5 Å². The first kappa shape index (κ1) is 17.5. The highest BCUT2D eigenvalue weighted by atomic mass is 32.2. The van der Waals surface area contributed by atoms with Crippen LogP contribution in [-0.2, 0) is 0 Å². The highest BCUT2D eigenvalue weighted by Crippen LogP contribution is 2.39. The predicted octanol–water partition coefficient (Wildman–Crippen LogP) is 3.51. The van der Waals surface area contributed by atoms with E-state index in [-0.39, 0.29) is 5.82 Å². The quantitative estimate of drug-likeness (QED) is 0.746. The maximum atomic E-state index is 12.9. The van der Waals surface area contributed by atoms with Crippen molar-refractivity contribution < 1.29 is 13.9 Å². The molecule has 2 aromatic rings. The summed E-state index contributed by atoms with van der Waals surface area (Å²) in [5.74, 6) is 2.58. The first-order chi connectivity index (χ1) is 12.8. The first-order valence-electron chi connectivity index (χ1n) is 9.04. The van der Waals surface area contributed by atoms with Crippen molar-refractivity contribution in [1.82, 2.24) is 4.90 Å². The second-order valence-corrected chi connectivity index (χ2v) is 7.60. The van der Waals surface area contributed by atoms with Gasteiger partial charge < -0.3 is 14.4 Å². The number of halogens is 1. The standard InChI is InChI=1S/C20H23FN2O2S/c21-16-4-6-17(7-5-16)26-15-12-22-8-10-23(11-9-22)18-2-1-3-19-20(18)25-14-13-24-19/h1-7H,8-15H2. The van der Waals surface area contributed by atoms with E-state index in [2.05, 4.69) is 15.9 Å². The summed E-state index contributed by atoms with van der Waals surface area (Å²) in [6.07, 6.45) is 0. The Morgan fingerprint density at radius 2 is 1.69 bits per heavy atom. The molecule has 0 aromatic heterocycles. The molecule has 2 aromatic carbocycles. The molecule has 6 heteroatoms. The molecular formula is C20H23FN2O2S. The molecule has 0 atom stereocenters. The van der Waals surface area contributed by atoms with Crippen LogP contribution in [0.2, 0.25) is 0 Å². The van der Waals surface area contributed by atoms with Crippen LogP contribution in [0.4, 0.5) is 10.1 Å². The third kappa shape index (κ3) is 4.07. The smallest absolute Gasteiger partial charge is 0.184 e. The second-order valence-electron chi connectivity index (χ2n) is 6.43. The molecule has 4 nitrogen and oxygen atoms in total. The lowest BCUT2D eigenvalue weighted by Crippen LogP contribution is -2.47. The Labute approximate surface area is 157 Å². The van der Waals surface area contributed by atoms with E-state index in [0.29, 0.717) is 13.2 Å². The van der Waals surface area contributed by atoms with Gasteiger partial charge in [0, 0.05) is 43.4 Å². The first-order valence-corrected chi connectivity index (χ1v) is 10.0. The van der Waals surface area contributed by atoms with Gasteiger partial charge in [0.1, 0.15) is 19.0 Å². The van der Waals surface area contributed by atoms with Crippen LogP contribution in [-0.4, -0.2) is 56.6 Å². The zero-order valence-corrected chi connectivity index (χ0v) is 15.5. The lowest BCUT2D eigenvalue weighted by Gasteiger charge is -2.37. The number of fused-ring (bicyclic) bond motifs is 1. The number of hydrogen-bond donors (Lipinski definition) is 0. The topological polar surface area (TPSA) is 24.9 Å². The van der Waals surface area contributed by atoms with Gasteiger partial charge in [-0.1, -0.05) is 6.07 Å². The number of para-hydroxylation sites is 1. The fourth-order valence-electron chi connectivity index (χ4n) is 3.34. The molecule has 138 valence electrons. The summed E-state index contributed by atoms with van der Waals surface area (Å²) >= 11 is 1.78. The summed E-state index contributed by atoms with van der Waals surface area (Å²) in [5, 5.41) is 0. The van der Waals surface area contributed by atoms with Crippen LogP contribution in [0.1, 0.15) is 0 Å². The third-order valence-electron chi connectivity index (χ3n) is 4.75. The molecule has 2 aliphatic heterocycles. The summed E-state index contributed by atoms with van der Waals surface area (Å²) in [5.41, 5.74) is 1.14. The SMILES string of the molecule is Fc1ccc(SCCN2CCN(c3cccc4c3OCCO4)CC2)cc1. The minimum Gasteiger partial charge on any atom is -0.486 e. The van der Waals surface area contributed by atoms with Gasteiger partial charge >= 0.3 is 0 Å². The van der Waals surface area contributed by atoms with Crippen LogP contribution in [0, 0.1) is 5.82 Å². The van der Waals surface area contributed by atoms with E-state index in [1.807, 2.05) is 24.3 Å². The van der Waals surface area contributed by atoms with Crippen LogP contribution < -0.4 is 14.4 Å². The molecule has 0 amide bonds. The van der Waals surface area contributed by atoms with Crippen molar-refractivity contribution >= 4 is 17.4 Å². The van der Waals surface area contributed by atoms with Crippen molar-refractivity contribution in [1.29, 1.82) is 0 Å². The van der Waals surface area contributed by atoms with Crippen LogP contribution in [0.3, 0.4) is 0 Å². The number of thioether (sulfide) groups is 1. The molecule has 2 aliphatic rings. The van der Waals surface area contributed by atoms with Gasteiger partial charge in [-0.25, -0.2) is 4.39 Å². The number of benzene rings is 2. The Morgan fingerprint density at radius 3 is 2.50 bits per heavy atom. The Kier molecular flexibility index (Phi) is 5.51. The maximum Gasteiger partial charge on any atom is 0.184 e. The molecule has 0 unspecified atom stereocenters. The van der Waals surface area contributed by atoms with Gasteiger partial charge in [0.05, 0.1) is 5.69 Å². The summed E-state index contributed by atoms with van der Waals surface area (Å²) < 4.78 is 24.5. The van der Waals surface area contributed by atoms with Crippen molar-refractivity contribution in [3.05, 3.63) is 48.3 Å². The highest BCUT2D eigenvalue weighted by Gasteiger charge is 2.23. The number of nitrogens with zero attached hydrogens (tertiary/aromatic N) is 2. The molecule has 0 bridgehead atoms. The van der Waals surface area contributed by atoms with Gasteiger partial charge in [0.15, 0.2) is 11.5 Å². The number of ether oxygens (including phenoxy) is 2. The molecule has 26 heavy (non-hydrogen) atoms. The van der Waals surface area contributed by atoms with Gasteiger partial charge in [0.25, 0.3) is 0 Å². The average molecular weight is 374 g/mol. The fraction of sp³-hybridized carbons (Fsp3) is 0.400. The van der Waals surface area contributed by atoms with Crippen LogP contribution in [0.5, 0.6) is 11.5 Å². The number of hydrogen-bond acceptors (Lipinski definition) is 5. The molecular weight excluding hydrogens is 351 g/mol. The second kappa shape index (κ2) is 8.18. The molecule has 0 spiro atoms. The van der Waals surface area contributed by atoms with Gasteiger partial charge in [0.2, 0.25) is 0 Å². The van der Waals surface area contributed by atoms with E-state index in [1.54, 1.807) is 11.8 Å². The minimum absolute atomic E-state index is 0.178. The van der Waals surface area contributed by atoms with Crippen molar-refractivity contribution in [2.24, 2.45) is 0 Å². The van der Waals surface area contributed by atoms with E-state index >= 15 is 0 Å². The minimum atomic E-state index is -0.178. The van der Waals surface area contributed by atoms with Crippen LogP contribution >= 0.6 is 11.8 Å². The molecule has 2 heterocycles. The fourth-order valence-corrected chi connectivity index (χ4v) is 4.26. The van der Waals surface area contributed by atoms with E-state index < -0.39 is 0 Å². The lowest BCUT2D eigenvalue weighted by atomic mass is 10.2. The van der Waals surface area contributed by atoms with Gasteiger partial charge in [-0.3, -0.25) is 4.90 Å². The summed E-state index contributed by atoms with van der Waals surface area (Å²) in [6, 6.07) is 12.9. The van der Waals surface area contributed by atoms with E-state index in [0.717, 1.165) is 60.6 Å². The molecule has 0 saturated carbocycles. The molecule has 1 saturated heterocycles. The van der Waals surface area contributed by atoms with E-state index in [1.165, 1.54) is 12.1 Å². The Bertz CT molecular complexity index is 733. The average Bonchev–Trinajstić information content (AvgIpc) is 2.70. The van der Waals surface area contributed by atoms with Gasteiger partial charge in [-0.15, -0.1) is 11.8 Å². The maximum absolute atomic E-state index is 12.9. The van der Waals surface area contributed by atoms with Crippen LogP contribution in [0.25, 0.3) is 0 Å².